The Hall–Kier alpha value is -3.14. The zero-order valence-corrected chi connectivity index (χ0v) is 15.9. The van der Waals surface area contributed by atoms with Crippen molar-refractivity contribution in [3.05, 3.63) is 77.9 Å². The highest BCUT2D eigenvalue weighted by Crippen LogP contribution is 2.16. The molecular weight excluding hydrogens is 336 g/mol. The Morgan fingerprint density at radius 2 is 1.63 bits per heavy atom. The van der Waals surface area contributed by atoms with Crippen molar-refractivity contribution in [2.24, 2.45) is 11.0 Å². The summed E-state index contributed by atoms with van der Waals surface area (Å²) >= 11 is 0. The molecule has 0 aliphatic heterocycles. The number of hydrazone groups is 1. The van der Waals surface area contributed by atoms with Crippen molar-refractivity contribution in [2.45, 2.75) is 20.8 Å². The van der Waals surface area contributed by atoms with Crippen molar-refractivity contribution in [3.63, 3.8) is 0 Å². The van der Waals surface area contributed by atoms with Gasteiger partial charge in [-0.25, -0.2) is 5.43 Å². The quantitative estimate of drug-likeness (QED) is 0.495. The van der Waals surface area contributed by atoms with E-state index in [2.05, 4.69) is 48.6 Å². The third-order valence-electron chi connectivity index (χ3n) is 4.19. The number of fused-ring (bicyclic) bond motifs is 1. The number of nitrogens with one attached hydrogen (secondary N) is 1. The van der Waals surface area contributed by atoms with Gasteiger partial charge in [-0.2, -0.15) is 5.10 Å². The number of carbonyl (C=O) groups excluding carboxylic acids is 1. The number of hydrogen-bond acceptors (Lipinski definition) is 3. The largest absolute Gasteiger partial charge is 0.493 e. The summed E-state index contributed by atoms with van der Waals surface area (Å²) in [6.45, 7) is 6.73. The molecule has 1 N–H and O–H groups in total. The van der Waals surface area contributed by atoms with E-state index in [-0.39, 0.29) is 5.91 Å². The van der Waals surface area contributed by atoms with E-state index in [1.165, 1.54) is 5.39 Å². The van der Waals surface area contributed by atoms with E-state index in [0.717, 1.165) is 22.4 Å². The van der Waals surface area contributed by atoms with Crippen molar-refractivity contribution < 1.29 is 9.53 Å². The molecule has 1 amide bonds. The van der Waals surface area contributed by atoms with E-state index in [9.17, 15) is 4.79 Å². The van der Waals surface area contributed by atoms with Crippen LogP contribution in [0.1, 0.15) is 36.7 Å². The fourth-order valence-electron chi connectivity index (χ4n) is 2.64. The van der Waals surface area contributed by atoms with Crippen LogP contribution in [-0.2, 0) is 0 Å². The third-order valence-corrected chi connectivity index (χ3v) is 4.19. The van der Waals surface area contributed by atoms with E-state index >= 15 is 0 Å². The van der Waals surface area contributed by atoms with Crippen LogP contribution in [0, 0.1) is 5.92 Å². The van der Waals surface area contributed by atoms with Crippen molar-refractivity contribution in [2.75, 3.05) is 6.61 Å². The molecule has 0 fully saturated rings. The van der Waals surface area contributed by atoms with Gasteiger partial charge in [0.2, 0.25) is 0 Å². The summed E-state index contributed by atoms with van der Waals surface area (Å²) in [5.74, 6) is 0.974. The normalized spacial score (nSPS) is 11.6. The average molecular weight is 360 g/mol. The molecule has 0 aromatic heterocycles. The highest BCUT2D eigenvalue weighted by Gasteiger charge is 2.06. The van der Waals surface area contributed by atoms with Gasteiger partial charge in [-0.1, -0.05) is 50.2 Å². The van der Waals surface area contributed by atoms with Crippen LogP contribution in [0.3, 0.4) is 0 Å². The predicted octanol–water partition coefficient (Wildman–Crippen LogP) is 5.03. The van der Waals surface area contributed by atoms with Gasteiger partial charge in [0.15, 0.2) is 0 Å². The van der Waals surface area contributed by atoms with Crippen LogP contribution in [0.4, 0.5) is 0 Å². The molecule has 0 heterocycles. The number of nitrogens with zero attached hydrogens (tertiary/aromatic N) is 1. The first-order chi connectivity index (χ1) is 13.0. The fourth-order valence-corrected chi connectivity index (χ4v) is 2.64. The van der Waals surface area contributed by atoms with E-state index in [4.69, 9.17) is 4.74 Å². The summed E-state index contributed by atoms with van der Waals surface area (Å²) in [7, 11) is 0. The molecule has 0 saturated carbocycles. The summed E-state index contributed by atoms with van der Waals surface area (Å²) in [5.41, 5.74) is 4.90. The second kappa shape index (κ2) is 8.49. The third kappa shape index (κ3) is 4.94. The zero-order valence-electron chi connectivity index (χ0n) is 15.9. The molecule has 0 spiro atoms. The van der Waals surface area contributed by atoms with Crippen LogP contribution in [0.5, 0.6) is 5.75 Å². The van der Waals surface area contributed by atoms with Crippen LogP contribution in [0.15, 0.2) is 71.8 Å². The molecule has 138 valence electrons. The number of carbonyl (C=O) groups is 1. The van der Waals surface area contributed by atoms with Crippen molar-refractivity contribution >= 4 is 22.4 Å². The highest BCUT2D eigenvalue weighted by molar-refractivity contribution is 6.03. The lowest BCUT2D eigenvalue weighted by atomic mass is 10.0. The number of ether oxygens (including phenoxy) is 1. The Balaban J connectivity index is 1.65. The maximum absolute atomic E-state index is 12.3. The molecule has 0 aliphatic carbocycles. The van der Waals surface area contributed by atoms with Crippen molar-refractivity contribution in [1.29, 1.82) is 0 Å². The molecule has 0 unspecified atom stereocenters. The molecule has 3 aromatic rings. The minimum atomic E-state index is -0.245. The summed E-state index contributed by atoms with van der Waals surface area (Å²) in [6, 6.07) is 21.4. The Bertz CT molecular complexity index is 960. The number of rotatable bonds is 6. The molecule has 0 atom stereocenters. The molecule has 3 rings (SSSR count). The minimum Gasteiger partial charge on any atom is -0.493 e. The summed E-state index contributed by atoms with van der Waals surface area (Å²) in [6.07, 6.45) is 0. The molecule has 0 radical (unpaired) electrons. The monoisotopic (exact) mass is 360 g/mol. The molecule has 0 saturated heterocycles. The number of hydrogen-bond donors (Lipinski definition) is 1. The maximum Gasteiger partial charge on any atom is 0.271 e. The van der Waals surface area contributed by atoms with Crippen LogP contribution in [-0.4, -0.2) is 18.2 Å². The second-order valence-electron chi connectivity index (χ2n) is 6.93. The highest BCUT2D eigenvalue weighted by atomic mass is 16.5. The lowest BCUT2D eigenvalue weighted by Crippen LogP contribution is -2.19. The van der Waals surface area contributed by atoms with E-state index in [0.29, 0.717) is 18.1 Å². The van der Waals surface area contributed by atoms with Crippen LogP contribution < -0.4 is 10.2 Å². The second-order valence-corrected chi connectivity index (χ2v) is 6.93. The predicted molar refractivity (Wildman–Crippen MR) is 110 cm³/mol. The van der Waals surface area contributed by atoms with Gasteiger partial charge in [-0.3, -0.25) is 4.79 Å². The van der Waals surface area contributed by atoms with Crippen LogP contribution in [0.25, 0.3) is 10.8 Å². The summed E-state index contributed by atoms with van der Waals surface area (Å²) in [4.78, 5) is 12.3. The Morgan fingerprint density at radius 1 is 0.963 bits per heavy atom. The fraction of sp³-hybridized carbons (Fsp3) is 0.217. The van der Waals surface area contributed by atoms with Gasteiger partial charge in [0.05, 0.1) is 12.3 Å². The maximum atomic E-state index is 12.3. The Morgan fingerprint density at radius 3 is 2.33 bits per heavy atom. The van der Waals surface area contributed by atoms with Crippen LogP contribution in [0.2, 0.25) is 0 Å². The molecular formula is C23H24N2O2. The van der Waals surface area contributed by atoms with E-state index in [1.807, 2.05) is 25.1 Å². The van der Waals surface area contributed by atoms with Gasteiger partial charge in [0.1, 0.15) is 5.75 Å². The SMILES string of the molecule is C/C(=N\NC(=O)c1ccc(OCC(C)C)cc1)c1ccc2ccccc2c1. The van der Waals surface area contributed by atoms with Crippen LogP contribution >= 0.6 is 0 Å². The first-order valence-corrected chi connectivity index (χ1v) is 9.09. The van der Waals surface area contributed by atoms with Gasteiger partial charge in [-0.05, 0) is 59.5 Å². The van der Waals surface area contributed by atoms with Gasteiger partial charge >= 0.3 is 0 Å². The first kappa shape index (κ1) is 18.6. The number of benzene rings is 3. The Labute approximate surface area is 159 Å². The lowest BCUT2D eigenvalue weighted by Gasteiger charge is -2.09. The van der Waals surface area contributed by atoms with Gasteiger partial charge in [-0.15, -0.1) is 0 Å². The smallest absolute Gasteiger partial charge is 0.271 e. The molecule has 4 heteroatoms. The van der Waals surface area contributed by atoms with E-state index in [1.54, 1.807) is 24.3 Å². The molecule has 27 heavy (non-hydrogen) atoms. The zero-order chi connectivity index (χ0) is 19.2. The van der Waals surface area contributed by atoms with Gasteiger partial charge < -0.3 is 4.74 Å². The standard InChI is InChI=1S/C23H24N2O2/c1-16(2)15-27-22-12-10-19(11-13-22)23(26)25-24-17(3)20-9-8-18-6-4-5-7-21(18)14-20/h4-14,16H,15H2,1-3H3,(H,25,26)/b24-17+. The Kier molecular flexibility index (Phi) is 5.87. The first-order valence-electron chi connectivity index (χ1n) is 9.09. The van der Waals surface area contributed by atoms with Gasteiger partial charge in [0, 0.05) is 5.56 Å². The summed E-state index contributed by atoms with van der Waals surface area (Å²) in [5, 5.41) is 6.57. The minimum absolute atomic E-state index is 0.245. The molecule has 0 bridgehead atoms. The van der Waals surface area contributed by atoms with Crippen molar-refractivity contribution in [3.8, 4) is 5.75 Å². The van der Waals surface area contributed by atoms with Gasteiger partial charge in [0.25, 0.3) is 5.91 Å². The molecule has 0 aliphatic rings. The topological polar surface area (TPSA) is 50.7 Å². The number of amides is 1. The van der Waals surface area contributed by atoms with E-state index < -0.39 is 0 Å². The average Bonchev–Trinajstić information content (AvgIpc) is 2.70. The summed E-state index contributed by atoms with van der Waals surface area (Å²) < 4.78 is 5.63. The van der Waals surface area contributed by atoms with Crippen molar-refractivity contribution in [1.82, 2.24) is 5.43 Å². The lowest BCUT2D eigenvalue weighted by molar-refractivity contribution is 0.0955. The molecule has 3 aromatic carbocycles. The molecule has 4 nitrogen and oxygen atoms in total.